The number of rotatable bonds is 6. The number of hydrogen-bond donors (Lipinski definition) is 1. The first-order valence-electron chi connectivity index (χ1n) is 8.35. The van der Waals surface area contributed by atoms with Gasteiger partial charge in [-0.2, -0.15) is 0 Å². The van der Waals surface area contributed by atoms with Gasteiger partial charge in [-0.25, -0.2) is 8.42 Å². The van der Waals surface area contributed by atoms with Gasteiger partial charge in [0.25, 0.3) is 5.91 Å². The van der Waals surface area contributed by atoms with E-state index in [9.17, 15) is 18.0 Å². The van der Waals surface area contributed by atoms with E-state index in [0.29, 0.717) is 22.2 Å². The minimum atomic E-state index is -3.20. The van der Waals surface area contributed by atoms with Crippen molar-refractivity contribution in [1.82, 2.24) is 10.2 Å². The SMILES string of the molecule is O=C(CCCN1C(=O)/C(=C/c2ccccc2)SC1=S)NC1C=CS(=O)(=O)C1. The second-order valence-electron chi connectivity index (χ2n) is 6.18. The van der Waals surface area contributed by atoms with E-state index >= 15 is 0 Å². The molecule has 2 aliphatic rings. The van der Waals surface area contributed by atoms with E-state index < -0.39 is 15.9 Å². The number of thiocarbonyl (C=S) groups is 1. The molecular formula is C18H18N2O4S3. The normalized spacial score (nSPS) is 22.6. The second kappa shape index (κ2) is 8.37. The highest BCUT2D eigenvalue weighted by Gasteiger charge is 2.31. The van der Waals surface area contributed by atoms with E-state index in [4.69, 9.17) is 12.2 Å². The highest BCUT2D eigenvalue weighted by Crippen LogP contribution is 2.32. The molecule has 1 aromatic rings. The van der Waals surface area contributed by atoms with Crippen LogP contribution in [0.1, 0.15) is 18.4 Å². The van der Waals surface area contributed by atoms with Crippen molar-refractivity contribution < 1.29 is 18.0 Å². The zero-order valence-corrected chi connectivity index (χ0v) is 16.8. The van der Waals surface area contributed by atoms with Gasteiger partial charge in [0.15, 0.2) is 9.84 Å². The molecule has 2 amide bonds. The maximum atomic E-state index is 12.5. The van der Waals surface area contributed by atoms with Crippen LogP contribution in [0.15, 0.2) is 46.7 Å². The zero-order chi connectivity index (χ0) is 19.4. The second-order valence-corrected chi connectivity index (χ2v) is 9.79. The molecule has 1 fully saturated rings. The van der Waals surface area contributed by atoms with Crippen molar-refractivity contribution in [2.24, 2.45) is 0 Å². The Morgan fingerprint density at radius 1 is 1.33 bits per heavy atom. The van der Waals surface area contributed by atoms with Gasteiger partial charge in [0.1, 0.15) is 4.32 Å². The standard InChI is InChI=1S/C18H18N2O4S3/c21-16(19-14-8-10-27(23,24)12-14)7-4-9-20-17(22)15(26-18(20)25)11-13-5-2-1-3-6-13/h1-3,5-6,8,10-11,14H,4,7,9,12H2,(H,19,21)/b15-11-. The summed E-state index contributed by atoms with van der Waals surface area (Å²) in [4.78, 5) is 26.5. The van der Waals surface area contributed by atoms with Gasteiger partial charge in [-0.3, -0.25) is 14.5 Å². The molecule has 0 radical (unpaired) electrons. The molecule has 6 nitrogen and oxygen atoms in total. The van der Waals surface area contributed by atoms with Crippen LogP contribution < -0.4 is 5.32 Å². The fourth-order valence-corrected chi connectivity index (χ4v) is 5.28. The Morgan fingerprint density at radius 2 is 2.07 bits per heavy atom. The molecule has 0 aliphatic carbocycles. The molecular weight excluding hydrogens is 404 g/mol. The van der Waals surface area contributed by atoms with Crippen molar-refractivity contribution in [3.8, 4) is 0 Å². The fourth-order valence-electron chi connectivity index (χ4n) is 2.74. The van der Waals surface area contributed by atoms with Gasteiger partial charge in [-0.1, -0.05) is 54.3 Å². The van der Waals surface area contributed by atoms with E-state index in [1.165, 1.54) is 22.7 Å². The monoisotopic (exact) mass is 422 g/mol. The largest absolute Gasteiger partial charge is 0.349 e. The number of sulfone groups is 1. The number of thioether (sulfide) groups is 1. The van der Waals surface area contributed by atoms with Crippen LogP contribution in [0.5, 0.6) is 0 Å². The van der Waals surface area contributed by atoms with Crippen LogP contribution in [0, 0.1) is 0 Å². The number of hydrogen-bond acceptors (Lipinski definition) is 6. The number of carbonyl (C=O) groups is 2. The first-order valence-corrected chi connectivity index (χ1v) is 11.3. The summed E-state index contributed by atoms with van der Waals surface area (Å²) in [5.74, 6) is -0.497. The summed E-state index contributed by atoms with van der Waals surface area (Å²) in [6.45, 7) is 0.350. The third-order valence-corrected chi connectivity index (χ3v) is 6.81. The number of nitrogens with zero attached hydrogens (tertiary/aromatic N) is 1. The highest BCUT2D eigenvalue weighted by molar-refractivity contribution is 8.26. The summed E-state index contributed by atoms with van der Waals surface area (Å²) in [7, 11) is -3.20. The molecule has 0 bridgehead atoms. The van der Waals surface area contributed by atoms with Crippen LogP contribution in [0.25, 0.3) is 6.08 Å². The highest BCUT2D eigenvalue weighted by atomic mass is 32.2. The Labute approximate surface area is 167 Å². The van der Waals surface area contributed by atoms with Crippen LogP contribution in [-0.2, 0) is 19.4 Å². The van der Waals surface area contributed by atoms with Crippen molar-refractivity contribution in [2.75, 3.05) is 12.3 Å². The van der Waals surface area contributed by atoms with Gasteiger partial charge in [0, 0.05) is 18.4 Å². The minimum Gasteiger partial charge on any atom is -0.349 e. The van der Waals surface area contributed by atoms with E-state index in [1.807, 2.05) is 30.3 Å². The molecule has 1 saturated heterocycles. The van der Waals surface area contributed by atoms with E-state index in [1.54, 1.807) is 6.08 Å². The fraction of sp³-hybridized carbons (Fsp3) is 0.278. The number of nitrogens with one attached hydrogen (secondary N) is 1. The van der Waals surface area contributed by atoms with Crippen LogP contribution in [-0.4, -0.2) is 47.8 Å². The summed E-state index contributed by atoms with van der Waals surface area (Å²) in [6.07, 6.45) is 3.92. The van der Waals surface area contributed by atoms with Gasteiger partial charge in [-0.05, 0) is 24.1 Å². The Balaban J connectivity index is 1.49. The molecule has 142 valence electrons. The summed E-state index contributed by atoms with van der Waals surface area (Å²) in [5, 5.41) is 3.79. The van der Waals surface area contributed by atoms with Gasteiger partial charge in [-0.15, -0.1) is 0 Å². The van der Waals surface area contributed by atoms with Crippen molar-refractivity contribution in [3.05, 3.63) is 52.3 Å². The lowest BCUT2D eigenvalue weighted by Gasteiger charge is -2.15. The number of amides is 2. The Morgan fingerprint density at radius 3 is 2.74 bits per heavy atom. The Hall–Kier alpha value is -1.97. The van der Waals surface area contributed by atoms with Gasteiger partial charge >= 0.3 is 0 Å². The van der Waals surface area contributed by atoms with Crippen molar-refractivity contribution >= 4 is 56.0 Å². The maximum absolute atomic E-state index is 12.5. The molecule has 27 heavy (non-hydrogen) atoms. The average molecular weight is 423 g/mol. The smallest absolute Gasteiger partial charge is 0.266 e. The Kier molecular flexibility index (Phi) is 6.13. The van der Waals surface area contributed by atoms with Crippen LogP contribution in [0.4, 0.5) is 0 Å². The lowest BCUT2D eigenvalue weighted by Crippen LogP contribution is -2.36. The summed E-state index contributed by atoms with van der Waals surface area (Å²) < 4.78 is 23.2. The predicted octanol–water partition coefficient (Wildman–Crippen LogP) is 2.09. The van der Waals surface area contributed by atoms with Crippen molar-refractivity contribution in [2.45, 2.75) is 18.9 Å². The molecule has 0 spiro atoms. The molecule has 1 N–H and O–H groups in total. The predicted molar refractivity (Wildman–Crippen MR) is 110 cm³/mol. The number of carbonyl (C=O) groups excluding carboxylic acids is 2. The molecule has 0 aromatic heterocycles. The van der Waals surface area contributed by atoms with Gasteiger partial charge in [0.05, 0.1) is 16.7 Å². The maximum Gasteiger partial charge on any atom is 0.266 e. The summed E-state index contributed by atoms with van der Waals surface area (Å²) in [5.41, 5.74) is 0.928. The molecule has 1 unspecified atom stereocenters. The van der Waals surface area contributed by atoms with E-state index in [2.05, 4.69) is 5.32 Å². The van der Waals surface area contributed by atoms with Crippen LogP contribution >= 0.6 is 24.0 Å². The molecule has 2 aliphatic heterocycles. The molecule has 3 rings (SSSR count). The molecule has 9 heteroatoms. The molecule has 1 aromatic carbocycles. The number of benzene rings is 1. The van der Waals surface area contributed by atoms with E-state index in [0.717, 1.165) is 11.0 Å². The van der Waals surface area contributed by atoms with Crippen LogP contribution in [0.3, 0.4) is 0 Å². The lowest BCUT2D eigenvalue weighted by molar-refractivity contribution is -0.124. The van der Waals surface area contributed by atoms with E-state index in [-0.39, 0.29) is 24.0 Å². The van der Waals surface area contributed by atoms with Crippen molar-refractivity contribution in [3.63, 3.8) is 0 Å². The quantitative estimate of drug-likeness (QED) is 0.558. The van der Waals surface area contributed by atoms with Gasteiger partial charge in [0.2, 0.25) is 5.91 Å². The minimum absolute atomic E-state index is 0.0995. The first kappa shape index (κ1) is 19.8. The zero-order valence-electron chi connectivity index (χ0n) is 14.3. The molecule has 0 saturated carbocycles. The Bertz CT molecular complexity index is 923. The summed E-state index contributed by atoms with van der Waals surface area (Å²) in [6, 6.07) is 9.05. The third kappa shape index (κ3) is 5.27. The average Bonchev–Trinajstić information content (AvgIpc) is 3.08. The lowest BCUT2D eigenvalue weighted by atomic mass is 10.2. The molecule has 1 atom stereocenters. The third-order valence-electron chi connectivity index (χ3n) is 4.03. The first-order chi connectivity index (χ1) is 12.8. The topological polar surface area (TPSA) is 83.6 Å². The van der Waals surface area contributed by atoms with Crippen LogP contribution in [0.2, 0.25) is 0 Å². The van der Waals surface area contributed by atoms with Gasteiger partial charge < -0.3 is 5.32 Å². The van der Waals surface area contributed by atoms with Crippen molar-refractivity contribution in [1.29, 1.82) is 0 Å². The molecule has 2 heterocycles. The summed E-state index contributed by atoms with van der Waals surface area (Å²) >= 11 is 6.54.